The van der Waals surface area contributed by atoms with E-state index in [1.807, 2.05) is 0 Å². The van der Waals surface area contributed by atoms with E-state index in [1.54, 1.807) is 6.92 Å². The molecule has 0 saturated heterocycles. The summed E-state index contributed by atoms with van der Waals surface area (Å²) in [5.41, 5.74) is -4.38. The van der Waals surface area contributed by atoms with E-state index in [-0.39, 0.29) is 5.92 Å². The van der Waals surface area contributed by atoms with Crippen LogP contribution in [0.5, 0.6) is 0 Å². The summed E-state index contributed by atoms with van der Waals surface area (Å²) in [5, 5.41) is 0. The second-order valence-electron chi connectivity index (χ2n) is 6.14. The second kappa shape index (κ2) is 6.89. The Balaban J connectivity index is 4.16. The lowest BCUT2D eigenvalue weighted by Crippen LogP contribution is -2.39. The molecule has 0 nitrogen and oxygen atoms in total. The highest BCUT2D eigenvalue weighted by molar-refractivity contribution is 4.84. The maximum absolute atomic E-state index is 13.5. The van der Waals surface area contributed by atoms with Crippen molar-refractivity contribution in [3.63, 3.8) is 0 Å². The topological polar surface area (TPSA) is 0 Å². The third kappa shape index (κ3) is 7.73. The Kier molecular flexibility index (Phi) is 6.76. The molecular weight excluding hydrogens is 263 g/mol. The Hall–Kier alpha value is -0.350. The molecule has 0 fully saturated rings. The van der Waals surface area contributed by atoms with Crippen LogP contribution in [-0.4, -0.2) is 17.5 Å². The molecule has 0 aromatic rings. The van der Waals surface area contributed by atoms with E-state index in [4.69, 9.17) is 0 Å². The van der Waals surface area contributed by atoms with Gasteiger partial charge >= 0.3 is 6.18 Å². The van der Waals surface area contributed by atoms with Crippen molar-refractivity contribution in [2.45, 2.75) is 83.7 Å². The Morgan fingerprint density at radius 3 is 1.79 bits per heavy atom. The van der Waals surface area contributed by atoms with Gasteiger partial charge in [0.1, 0.15) is 5.67 Å². The van der Waals surface area contributed by atoms with Crippen molar-refractivity contribution in [1.82, 2.24) is 0 Å². The molecule has 0 rings (SSSR count). The molecule has 5 heteroatoms. The zero-order chi connectivity index (χ0) is 15.3. The third-order valence-electron chi connectivity index (χ3n) is 3.47. The highest BCUT2D eigenvalue weighted by Crippen LogP contribution is 2.40. The lowest BCUT2D eigenvalue weighted by Gasteiger charge is -2.28. The molecule has 0 heterocycles. The van der Waals surface area contributed by atoms with E-state index >= 15 is 0 Å². The van der Waals surface area contributed by atoms with E-state index in [0.29, 0.717) is 39.0 Å². The van der Waals surface area contributed by atoms with E-state index in [1.165, 1.54) is 13.8 Å². The lowest BCUT2D eigenvalue weighted by atomic mass is 9.86. The average Bonchev–Trinajstić information content (AvgIpc) is 2.19. The quantitative estimate of drug-likeness (QED) is 0.379. The van der Waals surface area contributed by atoms with Gasteiger partial charge in [0, 0.05) is 0 Å². The molecule has 0 radical (unpaired) electrons. The van der Waals surface area contributed by atoms with Crippen LogP contribution in [0.15, 0.2) is 0 Å². The Bertz CT molecular complexity index is 250. The predicted octanol–water partition coefficient (Wildman–Crippen LogP) is 6.00. The molecule has 0 aliphatic heterocycles. The molecule has 0 bridgehead atoms. The van der Waals surface area contributed by atoms with Crippen molar-refractivity contribution >= 4 is 0 Å². The SMILES string of the molecule is CCC(CCCCC(C)(C)F)CC(C)(F)C(F)(F)F. The first-order valence-electron chi connectivity index (χ1n) is 6.83. The van der Waals surface area contributed by atoms with Gasteiger partial charge in [-0.25, -0.2) is 8.78 Å². The van der Waals surface area contributed by atoms with Crippen molar-refractivity contribution in [3.05, 3.63) is 0 Å². The molecule has 19 heavy (non-hydrogen) atoms. The van der Waals surface area contributed by atoms with E-state index in [9.17, 15) is 22.0 Å². The van der Waals surface area contributed by atoms with Gasteiger partial charge in [-0.15, -0.1) is 0 Å². The average molecular weight is 288 g/mol. The van der Waals surface area contributed by atoms with Crippen LogP contribution in [0.4, 0.5) is 22.0 Å². The molecule has 0 aliphatic carbocycles. The van der Waals surface area contributed by atoms with Gasteiger partial charge in [0.05, 0.1) is 0 Å². The van der Waals surface area contributed by atoms with Crippen molar-refractivity contribution in [1.29, 1.82) is 0 Å². The molecule has 0 amide bonds. The third-order valence-corrected chi connectivity index (χ3v) is 3.47. The Morgan fingerprint density at radius 1 is 0.895 bits per heavy atom. The van der Waals surface area contributed by atoms with Gasteiger partial charge in [-0.2, -0.15) is 13.2 Å². The molecule has 0 aromatic heterocycles. The zero-order valence-corrected chi connectivity index (χ0v) is 12.2. The minimum Gasteiger partial charge on any atom is -0.245 e. The summed E-state index contributed by atoms with van der Waals surface area (Å²) in [6.45, 7) is 5.32. The van der Waals surface area contributed by atoms with Gasteiger partial charge < -0.3 is 0 Å². The fourth-order valence-corrected chi connectivity index (χ4v) is 2.09. The number of hydrogen-bond donors (Lipinski definition) is 0. The lowest BCUT2D eigenvalue weighted by molar-refractivity contribution is -0.229. The summed E-state index contributed by atoms with van der Waals surface area (Å²) in [4.78, 5) is 0. The van der Waals surface area contributed by atoms with Gasteiger partial charge in [0.2, 0.25) is 5.67 Å². The molecule has 2 atom stereocenters. The second-order valence-corrected chi connectivity index (χ2v) is 6.14. The first-order valence-corrected chi connectivity index (χ1v) is 6.83. The van der Waals surface area contributed by atoms with Gasteiger partial charge in [0.15, 0.2) is 0 Å². The van der Waals surface area contributed by atoms with Crippen LogP contribution in [-0.2, 0) is 0 Å². The molecule has 0 saturated carbocycles. The van der Waals surface area contributed by atoms with Crippen molar-refractivity contribution < 1.29 is 22.0 Å². The first-order chi connectivity index (χ1) is 8.39. The zero-order valence-electron chi connectivity index (χ0n) is 12.2. The van der Waals surface area contributed by atoms with Gasteiger partial charge in [-0.3, -0.25) is 0 Å². The number of rotatable bonds is 8. The predicted molar refractivity (Wildman–Crippen MR) is 67.6 cm³/mol. The van der Waals surface area contributed by atoms with E-state index in [2.05, 4.69) is 0 Å². The van der Waals surface area contributed by atoms with Crippen LogP contribution in [0.25, 0.3) is 0 Å². The summed E-state index contributed by atoms with van der Waals surface area (Å²) in [5.74, 6) is -0.306. The number of alkyl halides is 5. The smallest absolute Gasteiger partial charge is 0.245 e. The van der Waals surface area contributed by atoms with Crippen LogP contribution in [0.3, 0.4) is 0 Å². The van der Waals surface area contributed by atoms with E-state index < -0.39 is 23.9 Å². The monoisotopic (exact) mass is 288 g/mol. The molecule has 2 unspecified atom stereocenters. The van der Waals surface area contributed by atoms with Crippen LogP contribution in [0.2, 0.25) is 0 Å². The highest BCUT2D eigenvalue weighted by atomic mass is 19.4. The molecule has 0 N–H and O–H groups in total. The van der Waals surface area contributed by atoms with Crippen LogP contribution in [0.1, 0.15) is 66.2 Å². The van der Waals surface area contributed by atoms with Crippen LogP contribution < -0.4 is 0 Å². The summed E-state index contributed by atoms with van der Waals surface area (Å²) in [6.07, 6.45) is -2.66. The normalized spacial score (nSPS) is 18.2. The number of halogens is 5. The van der Waals surface area contributed by atoms with Gasteiger partial charge in [-0.05, 0) is 39.5 Å². The number of unbranched alkanes of at least 4 members (excludes halogenated alkanes) is 1. The maximum atomic E-state index is 13.5. The summed E-state index contributed by atoms with van der Waals surface area (Å²) in [7, 11) is 0. The Morgan fingerprint density at radius 2 is 1.42 bits per heavy atom. The summed E-state index contributed by atoms with van der Waals surface area (Å²) < 4.78 is 64.1. The van der Waals surface area contributed by atoms with Crippen molar-refractivity contribution in [2.75, 3.05) is 0 Å². The highest BCUT2D eigenvalue weighted by Gasteiger charge is 2.52. The van der Waals surface area contributed by atoms with E-state index in [0.717, 1.165) is 0 Å². The molecular formula is C14H25F5. The minimum atomic E-state index is -4.82. The van der Waals surface area contributed by atoms with Gasteiger partial charge in [0.25, 0.3) is 0 Å². The molecule has 0 aromatic carbocycles. The Labute approximate surface area is 112 Å². The fourth-order valence-electron chi connectivity index (χ4n) is 2.09. The summed E-state index contributed by atoms with van der Waals surface area (Å²) >= 11 is 0. The molecule has 116 valence electrons. The largest absolute Gasteiger partial charge is 0.422 e. The summed E-state index contributed by atoms with van der Waals surface area (Å²) in [6, 6.07) is 0. The standard InChI is InChI=1S/C14H25F5/c1-5-11(8-6-7-9-12(2,3)15)10-13(4,16)14(17,18)19/h11H,5-10H2,1-4H3. The van der Waals surface area contributed by atoms with Crippen molar-refractivity contribution in [3.8, 4) is 0 Å². The maximum Gasteiger partial charge on any atom is 0.422 e. The van der Waals surface area contributed by atoms with Crippen LogP contribution in [0, 0.1) is 5.92 Å². The number of hydrogen-bond acceptors (Lipinski definition) is 0. The molecule has 0 spiro atoms. The molecule has 0 aliphatic rings. The first kappa shape index (κ1) is 18.7. The minimum absolute atomic E-state index is 0.306. The van der Waals surface area contributed by atoms with Crippen LogP contribution >= 0.6 is 0 Å². The van der Waals surface area contributed by atoms with Crippen molar-refractivity contribution in [2.24, 2.45) is 5.92 Å². The fraction of sp³-hybridized carbons (Fsp3) is 1.00. The van der Waals surface area contributed by atoms with Gasteiger partial charge in [-0.1, -0.05) is 32.6 Å².